The normalized spacial score (nSPS) is 13.5. The molecule has 0 aromatic heterocycles. The first kappa shape index (κ1) is 28.9. The molecule has 12 heteroatoms. The third-order valence-corrected chi connectivity index (χ3v) is 7.87. The Kier molecular flexibility index (Phi) is 9.92. The van der Waals surface area contributed by atoms with Gasteiger partial charge in [0, 0.05) is 32.6 Å². The summed E-state index contributed by atoms with van der Waals surface area (Å²) in [7, 11) is -2.12. The van der Waals surface area contributed by atoms with Crippen LogP contribution < -0.4 is 19.1 Å². The van der Waals surface area contributed by atoms with E-state index in [1.807, 2.05) is 6.92 Å². The summed E-state index contributed by atoms with van der Waals surface area (Å²) >= 11 is 12.2. The summed E-state index contributed by atoms with van der Waals surface area (Å²) in [5.41, 5.74) is 1.14. The molecule has 0 unspecified atom stereocenters. The predicted molar refractivity (Wildman–Crippen MR) is 144 cm³/mol. The Balaban J connectivity index is 1.76. The third kappa shape index (κ3) is 7.43. The average Bonchev–Trinajstić information content (AvgIpc) is 2.87. The molecule has 0 spiro atoms. The maximum atomic E-state index is 13.4. The van der Waals surface area contributed by atoms with E-state index in [1.165, 1.54) is 16.3 Å². The highest BCUT2D eigenvalue weighted by atomic mass is 35.5. The quantitative estimate of drug-likeness (QED) is 0.439. The smallest absolute Gasteiger partial charge is 0.242 e. The molecule has 0 bridgehead atoms. The van der Waals surface area contributed by atoms with E-state index >= 15 is 0 Å². The molecule has 2 aromatic rings. The van der Waals surface area contributed by atoms with Gasteiger partial charge < -0.3 is 19.7 Å². The van der Waals surface area contributed by atoms with Crippen LogP contribution in [-0.4, -0.2) is 64.2 Å². The number of likely N-dealkylation sites (N-methyl/N-ethyl adjacent to an activating group) is 1. The number of amides is 2. The first-order valence-electron chi connectivity index (χ1n) is 11.9. The van der Waals surface area contributed by atoms with Crippen molar-refractivity contribution in [1.29, 1.82) is 0 Å². The van der Waals surface area contributed by atoms with Gasteiger partial charge in [-0.2, -0.15) is 0 Å². The van der Waals surface area contributed by atoms with Crippen molar-refractivity contribution >= 4 is 50.7 Å². The SMILES string of the molecule is CC[C@H](C(=O)NC)N(Cc1ccc(Cl)c(Cl)c1)C(=O)CCCN(c1ccc2c(c1)OCCO2)S(C)(=O)=O. The minimum atomic E-state index is -3.64. The van der Waals surface area contributed by atoms with Gasteiger partial charge in [-0.3, -0.25) is 13.9 Å². The summed E-state index contributed by atoms with van der Waals surface area (Å²) in [4.78, 5) is 27.4. The zero-order valence-corrected chi connectivity index (χ0v) is 23.3. The van der Waals surface area contributed by atoms with Crippen LogP contribution in [-0.2, 0) is 26.2 Å². The van der Waals surface area contributed by atoms with E-state index in [2.05, 4.69) is 5.32 Å². The molecule has 2 aromatic carbocycles. The van der Waals surface area contributed by atoms with Crippen LogP contribution in [0.3, 0.4) is 0 Å². The van der Waals surface area contributed by atoms with Crippen molar-refractivity contribution < 1.29 is 27.5 Å². The molecule has 1 aliphatic heterocycles. The van der Waals surface area contributed by atoms with Gasteiger partial charge in [0.25, 0.3) is 0 Å². The number of benzene rings is 2. The molecule has 1 atom stereocenters. The second-order valence-electron chi connectivity index (χ2n) is 8.58. The number of hydrogen-bond donors (Lipinski definition) is 1. The number of fused-ring (bicyclic) bond motifs is 1. The van der Waals surface area contributed by atoms with Crippen LogP contribution in [0.1, 0.15) is 31.7 Å². The van der Waals surface area contributed by atoms with Gasteiger partial charge in [-0.25, -0.2) is 8.42 Å². The molecule has 1 heterocycles. The minimum absolute atomic E-state index is 0.0331. The number of nitrogens with one attached hydrogen (secondary N) is 1. The number of nitrogens with zero attached hydrogens (tertiary/aromatic N) is 2. The molecule has 1 aliphatic rings. The van der Waals surface area contributed by atoms with E-state index < -0.39 is 16.1 Å². The minimum Gasteiger partial charge on any atom is -0.486 e. The lowest BCUT2D eigenvalue weighted by Crippen LogP contribution is -2.48. The molecule has 2 amide bonds. The highest BCUT2D eigenvalue weighted by Crippen LogP contribution is 2.35. The number of halogens is 2. The molecule has 1 N–H and O–H groups in total. The lowest BCUT2D eigenvalue weighted by molar-refractivity contribution is -0.141. The second-order valence-corrected chi connectivity index (χ2v) is 11.3. The van der Waals surface area contributed by atoms with Gasteiger partial charge in [0.1, 0.15) is 19.3 Å². The molecule has 0 saturated carbocycles. The Labute approximate surface area is 227 Å². The number of hydrogen-bond acceptors (Lipinski definition) is 6. The van der Waals surface area contributed by atoms with E-state index in [0.29, 0.717) is 46.9 Å². The summed E-state index contributed by atoms with van der Waals surface area (Å²) in [5.74, 6) is 0.455. The highest BCUT2D eigenvalue weighted by molar-refractivity contribution is 7.92. The maximum Gasteiger partial charge on any atom is 0.242 e. The molecule has 202 valence electrons. The molecule has 3 rings (SSSR count). The number of rotatable bonds is 11. The van der Waals surface area contributed by atoms with Gasteiger partial charge in [0.2, 0.25) is 21.8 Å². The Bertz CT molecular complexity index is 1240. The van der Waals surface area contributed by atoms with Crippen molar-refractivity contribution in [2.75, 3.05) is 37.4 Å². The molecule has 0 saturated heterocycles. The molecule has 0 fully saturated rings. The zero-order valence-electron chi connectivity index (χ0n) is 21.0. The van der Waals surface area contributed by atoms with Crippen molar-refractivity contribution in [3.8, 4) is 11.5 Å². The van der Waals surface area contributed by atoms with Crippen LogP contribution in [0, 0.1) is 0 Å². The van der Waals surface area contributed by atoms with Crippen LogP contribution in [0.4, 0.5) is 5.69 Å². The van der Waals surface area contributed by atoms with Crippen LogP contribution in [0.15, 0.2) is 36.4 Å². The topological polar surface area (TPSA) is 105 Å². The van der Waals surface area contributed by atoms with Gasteiger partial charge in [-0.1, -0.05) is 36.2 Å². The third-order valence-electron chi connectivity index (χ3n) is 5.94. The molecular weight excluding hydrogens is 541 g/mol. The van der Waals surface area contributed by atoms with Gasteiger partial charge in [0.15, 0.2) is 11.5 Å². The largest absolute Gasteiger partial charge is 0.486 e. The summed E-state index contributed by atoms with van der Waals surface area (Å²) in [6, 6.07) is 9.28. The van der Waals surface area contributed by atoms with Crippen LogP contribution >= 0.6 is 23.2 Å². The number of ether oxygens (including phenoxy) is 2. The standard InChI is InChI=1S/C25H31Cl2N3O6S/c1-4-21(25(32)28-2)29(16-17-7-9-19(26)20(27)14-17)24(31)6-5-11-30(37(3,33)34)18-8-10-22-23(15-18)36-13-12-35-22/h7-10,14-15,21H,4-6,11-13,16H2,1-3H3,(H,28,32)/t21-/m1/s1. The summed E-state index contributed by atoms with van der Waals surface area (Å²) in [6.45, 7) is 2.85. The Hall–Kier alpha value is -2.69. The van der Waals surface area contributed by atoms with Crippen molar-refractivity contribution in [1.82, 2.24) is 10.2 Å². The van der Waals surface area contributed by atoms with E-state index in [4.69, 9.17) is 32.7 Å². The Morgan fingerprint density at radius 2 is 1.76 bits per heavy atom. The number of carbonyl (C=O) groups is 2. The maximum absolute atomic E-state index is 13.4. The Morgan fingerprint density at radius 1 is 1.05 bits per heavy atom. The Morgan fingerprint density at radius 3 is 2.38 bits per heavy atom. The molecule has 0 aliphatic carbocycles. The van der Waals surface area contributed by atoms with Crippen molar-refractivity contribution in [2.24, 2.45) is 0 Å². The van der Waals surface area contributed by atoms with Gasteiger partial charge >= 0.3 is 0 Å². The predicted octanol–water partition coefficient (Wildman–Crippen LogP) is 3.86. The molecular formula is C25H31Cl2N3O6S. The zero-order chi connectivity index (χ0) is 27.2. The van der Waals surface area contributed by atoms with E-state index in [-0.39, 0.29) is 37.7 Å². The fourth-order valence-electron chi connectivity index (χ4n) is 4.11. The highest BCUT2D eigenvalue weighted by Gasteiger charge is 2.28. The van der Waals surface area contributed by atoms with E-state index in [0.717, 1.165) is 11.8 Å². The van der Waals surface area contributed by atoms with Gasteiger partial charge in [0.05, 0.1) is 22.0 Å². The lowest BCUT2D eigenvalue weighted by atomic mass is 10.1. The average molecular weight is 573 g/mol. The fourth-order valence-corrected chi connectivity index (χ4v) is 5.39. The fraction of sp³-hybridized carbons (Fsp3) is 0.440. The van der Waals surface area contributed by atoms with Crippen LogP contribution in [0.5, 0.6) is 11.5 Å². The van der Waals surface area contributed by atoms with Crippen molar-refractivity contribution in [3.63, 3.8) is 0 Å². The van der Waals surface area contributed by atoms with Gasteiger partial charge in [-0.05, 0) is 42.7 Å². The molecule has 9 nitrogen and oxygen atoms in total. The first-order chi connectivity index (χ1) is 17.5. The van der Waals surface area contributed by atoms with Crippen molar-refractivity contribution in [2.45, 2.75) is 38.8 Å². The van der Waals surface area contributed by atoms with Crippen LogP contribution in [0.25, 0.3) is 0 Å². The van der Waals surface area contributed by atoms with Crippen molar-refractivity contribution in [3.05, 3.63) is 52.0 Å². The monoisotopic (exact) mass is 571 g/mol. The number of carbonyl (C=O) groups excluding carboxylic acids is 2. The van der Waals surface area contributed by atoms with E-state index in [9.17, 15) is 18.0 Å². The first-order valence-corrected chi connectivity index (χ1v) is 14.5. The molecule has 0 radical (unpaired) electrons. The number of sulfonamides is 1. The molecule has 37 heavy (non-hydrogen) atoms. The summed E-state index contributed by atoms with van der Waals surface area (Å²) in [5, 5.41) is 3.35. The van der Waals surface area contributed by atoms with E-state index in [1.54, 1.807) is 36.4 Å². The summed E-state index contributed by atoms with van der Waals surface area (Å²) < 4.78 is 37.5. The lowest BCUT2D eigenvalue weighted by Gasteiger charge is -2.31. The number of anilines is 1. The van der Waals surface area contributed by atoms with Crippen LogP contribution in [0.2, 0.25) is 10.0 Å². The second kappa shape index (κ2) is 12.7. The van der Waals surface area contributed by atoms with Gasteiger partial charge in [-0.15, -0.1) is 0 Å². The summed E-state index contributed by atoms with van der Waals surface area (Å²) in [6.07, 6.45) is 1.79.